The van der Waals surface area contributed by atoms with Crippen molar-refractivity contribution in [2.45, 2.75) is 39.3 Å². The molecule has 0 bridgehead atoms. The van der Waals surface area contributed by atoms with E-state index in [1.54, 1.807) is 0 Å². The van der Waals surface area contributed by atoms with Crippen molar-refractivity contribution in [1.82, 2.24) is 15.1 Å². The minimum absolute atomic E-state index is 0.546. The van der Waals surface area contributed by atoms with Gasteiger partial charge in [-0.15, -0.1) is 0 Å². The number of hydrogen-bond acceptors (Lipinski definition) is 2. The Morgan fingerprint density at radius 2 is 2.21 bits per heavy atom. The van der Waals surface area contributed by atoms with E-state index < -0.39 is 0 Å². The van der Waals surface area contributed by atoms with Gasteiger partial charge in [0.05, 0.1) is 5.69 Å². The molecule has 1 aromatic carbocycles. The highest BCUT2D eigenvalue weighted by Crippen LogP contribution is 2.34. The lowest BCUT2D eigenvalue weighted by atomic mass is 10.0. The summed E-state index contributed by atoms with van der Waals surface area (Å²) in [5.41, 5.74) is 5.48. The molecule has 0 saturated carbocycles. The zero-order valence-electron chi connectivity index (χ0n) is 11.7. The number of benzene rings is 1. The fraction of sp³-hybridized carbons (Fsp3) is 0.438. The number of nitrogens with one attached hydrogen (secondary N) is 1. The molecule has 1 aliphatic carbocycles. The van der Waals surface area contributed by atoms with Gasteiger partial charge in [0.25, 0.3) is 0 Å². The molecular formula is C16H21N3. The summed E-state index contributed by atoms with van der Waals surface area (Å²) >= 11 is 0. The molecule has 3 rings (SSSR count). The molecule has 0 amide bonds. The van der Waals surface area contributed by atoms with Crippen LogP contribution in [-0.2, 0) is 13.0 Å². The van der Waals surface area contributed by atoms with E-state index in [0.717, 1.165) is 13.1 Å². The Morgan fingerprint density at radius 1 is 1.32 bits per heavy atom. The van der Waals surface area contributed by atoms with Crippen LogP contribution < -0.4 is 5.32 Å². The molecule has 0 saturated heterocycles. The number of hydrogen-bond donors (Lipinski definition) is 1. The van der Waals surface area contributed by atoms with Crippen LogP contribution in [0.2, 0.25) is 0 Å². The average molecular weight is 255 g/mol. The maximum absolute atomic E-state index is 4.35. The number of fused-ring (bicyclic) bond motifs is 1. The van der Waals surface area contributed by atoms with Gasteiger partial charge in [0.15, 0.2) is 0 Å². The van der Waals surface area contributed by atoms with Crippen molar-refractivity contribution in [3.63, 3.8) is 0 Å². The molecule has 3 nitrogen and oxygen atoms in total. The minimum Gasteiger partial charge on any atom is -0.310 e. The smallest absolute Gasteiger partial charge is 0.0682 e. The summed E-state index contributed by atoms with van der Waals surface area (Å²) < 4.78 is 2.05. The van der Waals surface area contributed by atoms with Crippen LogP contribution in [0.4, 0.5) is 0 Å². The Bertz CT molecular complexity index is 571. The highest BCUT2D eigenvalue weighted by Gasteiger charge is 2.22. The summed E-state index contributed by atoms with van der Waals surface area (Å²) in [6, 6.07) is 9.51. The second-order valence-electron chi connectivity index (χ2n) is 5.09. The SMILES string of the molecule is CCNC1CCc2cc(-c3ccnn3CC)ccc21. The van der Waals surface area contributed by atoms with Crippen LogP contribution in [0, 0.1) is 0 Å². The molecule has 3 heteroatoms. The van der Waals surface area contributed by atoms with Gasteiger partial charge in [0, 0.05) is 24.3 Å². The van der Waals surface area contributed by atoms with Crippen LogP contribution in [-0.4, -0.2) is 16.3 Å². The van der Waals surface area contributed by atoms with Crippen LogP contribution in [0.3, 0.4) is 0 Å². The molecule has 1 aromatic heterocycles. The standard InChI is InChI=1S/C16H21N3/c1-3-17-15-8-6-12-11-13(5-7-14(12)15)16-9-10-18-19(16)4-2/h5,7,9-11,15,17H,3-4,6,8H2,1-2H3. The predicted octanol–water partition coefficient (Wildman–Crippen LogP) is 3.17. The van der Waals surface area contributed by atoms with Gasteiger partial charge in [-0.3, -0.25) is 4.68 Å². The molecule has 0 aliphatic heterocycles. The van der Waals surface area contributed by atoms with Gasteiger partial charge in [0.2, 0.25) is 0 Å². The van der Waals surface area contributed by atoms with Crippen LogP contribution in [0.5, 0.6) is 0 Å². The van der Waals surface area contributed by atoms with E-state index in [0.29, 0.717) is 6.04 Å². The van der Waals surface area contributed by atoms with Crippen molar-refractivity contribution in [2.75, 3.05) is 6.54 Å². The predicted molar refractivity (Wildman–Crippen MR) is 78.1 cm³/mol. The van der Waals surface area contributed by atoms with Gasteiger partial charge in [-0.25, -0.2) is 0 Å². The first-order valence-electron chi connectivity index (χ1n) is 7.21. The summed E-state index contributed by atoms with van der Waals surface area (Å²) in [4.78, 5) is 0. The van der Waals surface area contributed by atoms with Gasteiger partial charge >= 0.3 is 0 Å². The molecule has 1 unspecified atom stereocenters. The Hall–Kier alpha value is -1.61. The van der Waals surface area contributed by atoms with Crippen molar-refractivity contribution < 1.29 is 0 Å². The molecule has 19 heavy (non-hydrogen) atoms. The van der Waals surface area contributed by atoms with E-state index in [2.05, 4.69) is 53.2 Å². The zero-order valence-corrected chi connectivity index (χ0v) is 11.7. The maximum Gasteiger partial charge on any atom is 0.0682 e. The van der Waals surface area contributed by atoms with E-state index >= 15 is 0 Å². The molecule has 1 heterocycles. The molecular weight excluding hydrogens is 234 g/mol. The normalized spacial score (nSPS) is 17.7. The van der Waals surface area contributed by atoms with Crippen molar-refractivity contribution >= 4 is 0 Å². The van der Waals surface area contributed by atoms with E-state index in [1.807, 2.05) is 6.20 Å². The van der Waals surface area contributed by atoms with Gasteiger partial charge in [-0.05, 0) is 49.6 Å². The van der Waals surface area contributed by atoms with Crippen molar-refractivity contribution in [2.24, 2.45) is 0 Å². The lowest BCUT2D eigenvalue weighted by Gasteiger charge is -2.13. The lowest BCUT2D eigenvalue weighted by Crippen LogP contribution is -2.18. The molecule has 1 atom stereocenters. The van der Waals surface area contributed by atoms with Crippen LogP contribution in [0.1, 0.15) is 37.4 Å². The molecule has 0 fully saturated rings. The van der Waals surface area contributed by atoms with E-state index in [9.17, 15) is 0 Å². The second-order valence-corrected chi connectivity index (χ2v) is 5.09. The van der Waals surface area contributed by atoms with Crippen molar-refractivity contribution in [3.05, 3.63) is 41.6 Å². The summed E-state index contributed by atoms with van der Waals surface area (Å²) in [6.45, 7) is 6.26. The Balaban J connectivity index is 1.95. The molecule has 100 valence electrons. The highest BCUT2D eigenvalue weighted by atomic mass is 15.3. The van der Waals surface area contributed by atoms with E-state index in [4.69, 9.17) is 0 Å². The van der Waals surface area contributed by atoms with Gasteiger partial charge in [-0.1, -0.05) is 19.1 Å². The van der Waals surface area contributed by atoms with Crippen molar-refractivity contribution in [3.8, 4) is 11.3 Å². The molecule has 1 aliphatic rings. The molecule has 1 N–H and O–H groups in total. The maximum atomic E-state index is 4.35. The van der Waals surface area contributed by atoms with Crippen molar-refractivity contribution in [1.29, 1.82) is 0 Å². The fourth-order valence-corrected chi connectivity index (χ4v) is 3.07. The third-order valence-corrected chi connectivity index (χ3v) is 3.98. The summed E-state index contributed by atoms with van der Waals surface area (Å²) in [7, 11) is 0. The van der Waals surface area contributed by atoms with Crippen LogP contribution >= 0.6 is 0 Å². The average Bonchev–Trinajstić information content (AvgIpc) is 3.05. The second kappa shape index (κ2) is 5.17. The topological polar surface area (TPSA) is 29.9 Å². The Labute approximate surface area is 114 Å². The number of aryl methyl sites for hydroxylation is 2. The third-order valence-electron chi connectivity index (χ3n) is 3.98. The Morgan fingerprint density at radius 3 is 3.00 bits per heavy atom. The largest absolute Gasteiger partial charge is 0.310 e. The minimum atomic E-state index is 0.546. The first-order chi connectivity index (χ1) is 9.33. The van der Waals surface area contributed by atoms with Crippen LogP contribution in [0.25, 0.3) is 11.3 Å². The first kappa shape index (κ1) is 12.4. The van der Waals surface area contributed by atoms with E-state index in [-0.39, 0.29) is 0 Å². The van der Waals surface area contributed by atoms with Gasteiger partial charge in [0.1, 0.15) is 0 Å². The monoisotopic (exact) mass is 255 g/mol. The highest BCUT2D eigenvalue weighted by molar-refractivity contribution is 5.62. The van der Waals surface area contributed by atoms with Crippen LogP contribution in [0.15, 0.2) is 30.5 Å². The molecule has 0 spiro atoms. The summed E-state index contributed by atoms with van der Waals surface area (Å²) in [5.74, 6) is 0. The van der Waals surface area contributed by atoms with Gasteiger partial charge in [-0.2, -0.15) is 5.10 Å². The Kier molecular flexibility index (Phi) is 3.38. The molecule has 0 radical (unpaired) electrons. The third kappa shape index (κ3) is 2.19. The number of aromatic nitrogens is 2. The summed E-state index contributed by atoms with van der Waals surface area (Å²) in [6.07, 6.45) is 4.29. The first-order valence-corrected chi connectivity index (χ1v) is 7.21. The zero-order chi connectivity index (χ0) is 13.2. The number of nitrogens with zero attached hydrogens (tertiary/aromatic N) is 2. The lowest BCUT2D eigenvalue weighted by molar-refractivity contribution is 0.549. The quantitative estimate of drug-likeness (QED) is 0.909. The fourth-order valence-electron chi connectivity index (χ4n) is 3.07. The van der Waals surface area contributed by atoms with E-state index in [1.165, 1.54) is 35.2 Å². The molecule has 2 aromatic rings. The van der Waals surface area contributed by atoms with Gasteiger partial charge < -0.3 is 5.32 Å². The number of rotatable bonds is 4. The summed E-state index contributed by atoms with van der Waals surface area (Å²) in [5, 5.41) is 7.91.